The van der Waals surface area contributed by atoms with Crippen LogP contribution in [-0.2, 0) is 21.4 Å². The van der Waals surface area contributed by atoms with E-state index in [-0.39, 0.29) is 23.5 Å². The molecule has 1 aromatic carbocycles. The van der Waals surface area contributed by atoms with Crippen LogP contribution in [0.5, 0.6) is 5.75 Å². The number of likely N-dealkylation sites (tertiary alicyclic amines) is 1. The fraction of sp³-hybridized carbons (Fsp3) is 0.692. The Morgan fingerprint density at radius 3 is 2.85 bits per heavy atom. The zero-order chi connectivity index (χ0) is 22.5. The molecule has 3 saturated carbocycles. The van der Waals surface area contributed by atoms with E-state index in [1.165, 1.54) is 30.5 Å². The molecule has 1 spiro atoms. The van der Waals surface area contributed by atoms with Gasteiger partial charge in [0, 0.05) is 23.6 Å². The summed E-state index contributed by atoms with van der Waals surface area (Å²) in [5.74, 6) is 2.14. The number of hydrogen-bond donors (Lipinski definition) is 3. The first-order chi connectivity index (χ1) is 16.0. The smallest absolute Gasteiger partial charge is 0.229 e. The number of rotatable bonds is 6. The maximum atomic E-state index is 13.1. The van der Waals surface area contributed by atoms with Gasteiger partial charge in [0.15, 0.2) is 0 Å². The average molecular weight is 452 g/mol. The first kappa shape index (κ1) is 20.3. The molecule has 7 atom stereocenters. The van der Waals surface area contributed by atoms with Crippen LogP contribution in [0.4, 0.5) is 5.69 Å². The third-order valence-electron chi connectivity index (χ3n) is 9.88. The second kappa shape index (κ2) is 6.72. The summed E-state index contributed by atoms with van der Waals surface area (Å²) < 4.78 is 6.75. The van der Waals surface area contributed by atoms with Crippen molar-refractivity contribution >= 4 is 18.0 Å². The lowest BCUT2D eigenvalue weighted by Crippen LogP contribution is -2.69. The Kier molecular flexibility index (Phi) is 4.13. The fourth-order valence-electron chi connectivity index (χ4n) is 7.74. The largest absolute Gasteiger partial charge is 0.485 e. The third kappa shape index (κ3) is 2.69. The number of carbonyl (C=O) groups excluding carboxylic acids is 2. The molecule has 2 amide bonds. The maximum absolute atomic E-state index is 13.1. The minimum absolute atomic E-state index is 0.0561. The van der Waals surface area contributed by atoms with Crippen molar-refractivity contribution in [3.05, 3.63) is 23.3 Å². The summed E-state index contributed by atoms with van der Waals surface area (Å²) in [7, 11) is 0. The summed E-state index contributed by atoms with van der Waals surface area (Å²) in [5, 5.41) is 16.2. The SMILES string of the molecule is CC1(C(=O)N[C@@H]2CC[C@H]3[C@H]4Cc5ccc(NC=O)c6c5[C@@]3(CCN4CC3CC3)[C@H]2O6)CC1O. The summed E-state index contributed by atoms with van der Waals surface area (Å²) in [6, 6.07) is 4.60. The molecule has 2 aliphatic heterocycles. The molecule has 4 aliphatic carbocycles. The topological polar surface area (TPSA) is 90.9 Å². The molecule has 7 nitrogen and oxygen atoms in total. The molecule has 7 heteroatoms. The summed E-state index contributed by atoms with van der Waals surface area (Å²) in [6.07, 6.45) is 7.33. The van der Waals surface area contributed by atoms with Crippen LogP contribution in [0.2, 0.25) is 0 Å². The van der Waals surface area contributed by atoms with Crippen LogP contribution in [0.3, 0.4) is 0 Å². The highest BCUT2D eigenvalue weighted by Crippen LogP contribution is 2.64. The number of aliphatic hydroxyl groups is 1. The van der Waals surface area contributed by atoms with Gasteiger partial charge in [-0.1, -0.05) is 6.07 Å². The number of piperidine rings is 1. The second-order valence-electron chi connectivity index (χ2n) is 11.7. The Hall–Kier alpha value is -2.12. The Morgan fingerprint density at radius 1 is 1.30 bits per heavy atom. The number of ether oxygens (including phenoxy) is 1. The molecule has 0 aromatic heterocycles. The van der Waals surface area contributed by atoms with E-state index in [1.54, 1.807) is 0 Å². The molecule has 0 radical (unpaired) electrons. The van der Waals surface area contributed by atoms with E-state index in [2.05, 4.69) is 21.6 Å². The lowest BCUT2D eigenvalue weighted by Gasteiger charge is -2.59. The number of aliphatic hydroxyl groups excluding tert-OH is 1. The second-order valence-corrected chi connectivity index (χ2v) is 11.7. The lowest BCUT2D eigenvalue weighted by molar-refractivity contribution is -0.130. The van der Waals surface area contributed by atoms with Crippen LogP contribution in [0.25, 0.3) is 0 Å². The van der Waals surface area contributed by atoms with Crippen molar-refractivity contribution in [2.75, 3.05) is 18.4 Å². The summed E-state index contributed by atoms with van der Waals surface area (Å²) in [6.45, 7) is 4.13. The van der Waals surface area contributed by atoms with Gasteiger partial charge in [-0.3, -0.25) is 14.5 Å². The molecule has 4 fully saturated rings. The zero-order valence-corrected chi connectivity index (χ0v) is 19.2. The molecular formula is C26H33N3O4. The molecule has 6 aliphatic rings. The Labute approximate surface area is 194 Å². The molecule has 2 heterocycles. The first-order valence-electron chi connectivity index (χ1n) is 12.7. The molecule has 1 saturated heterocycles. The Morgan fingerprint density at radius 2 is 2.12 bits per heavy atom. The van der Waals surface area contributed by atoms with Gasteiger partial charge in [-0.2, -0.15) is 0 Å². The molecule has 33 heavy (non-hydrogen) atoms. The van der Waals surface area contributed by atoms with E-state index >= 15 is 0 Å². The van der Waals surface area contributed by atoms with E-state index in [0.717, 1.165) is 56.0 Å². The summed E-state index contributed by atoms with van der Waals surface area (Å²) >= 11 is 0. The van der Waals surface area contributed by atoms with Gasteiger partial charge in [-0.15, -0.1) is 0 Å². The predicted molar refractivity (Wildman–Crippen MR) is 122 cm³/mol. The molecule has 1 aromatic rings. The summed E-state index contributed by atoms with van der Waals surface area (Å²) in [5.41, 5.74) is 2.59. The van der Waals surface area contributed by atoms with Crippen molar-refractivity contribution in [3.63, 3.8) is 0 Å². The Balaban J connectivity index is 1.29. The number of carbonyl (C=O) groups is 2. The van der Waals surface area contributed by atoms with Gasteiger partial charge in [-0.25, -0.2) is 0 Å². The highest BCUT2D eigenvalue weighted by Gasteiger charge is 2.66. The monoisotopic (exact) mass is 451 g/mol. The van der Waals surface area contributed by atoms with Gasteiger partial charge >= 0.3 is 0 Å². The van der Waals surface area contributed by atoms with Gasteiger partial charge in [0.25, 0.3) is 0 Å². The van der Waals surface area contributed by atoms with Gasteiger partial charge in [0.05, 0.1) is 23.2 Å². The van der Waals surface area contributed by atoms with Gasteiger partial charge in [0.1, 0.15) is 11.9 Å². The molecule has 2 unspecified atom stereocenters. The highest BCUT2D eigenvalue weighted by atomic mass is 16.5. The summed E-state index contributed by atoms with van der Waals surface area (Å²) in [4.78, 5) is 27.1. The van der Waals surface area contributed by atoms with Crippen molar-refractivity contribution in [1.82, 2.24) is 10.2 Å². The number of nitrogens with one attached hydrogen (secondary N) is 2. The van der Waals surface area contributed by atoms with Gasteiger partial charge < -0.3 is 20.5 Å². The van der Waals surface area contributed by atoms with E-state index in [4.69, 9.17) is 4.74 Å². The van der Waals surface area contributed by atoms with E-state index in [0.29, 0.717) is 18.4 Å². The van der Waals surface area contributed by atoms with Gasteiger partial charge in [-0.05, 0) is 81.9 Å². The van der Waals surface area contributed by atoms with E-state index in [9.17, 15) is 14.7 Å². The van der Waals surface area contributed by atoms with Crippen LogP contribution < -0.4 is 15.4 Å². The number of anilines is 1. The maximum Gasteiger partial charge on any atom is 0.229 e. The third-order valence-corrected chi connectivity index (χ3v) is 9.88. The quantitative estimate of drug-likeness (QED) is 0.576. The zero-order valence-electron chi connectivity index (χ0n) is 19.2. The minimum Gasteiger partial charge on any atom is -0.485 e. The predicted octanol–water partition coefficient (Wildman–Crippen LogP) is 1.96. The molecule has 7 rings (SSSR count). The number of benzene rings is 1. The Bertz CT molecular complexity index is 1040. The van der Waals surface area contributed by atoms with Gasteiger partial charge in [0.2, 0.25) is 12.3 Å². The van der Waals surface area contributed by atoms with Crippen LogP contribution in [0.15, 0.2) is 12.1 Å². The van der Waals surface area contributed by atoms with Crippen molar-refractivity contribution in [1.29, 1.82) is 0 Å². The fourth-order valence-corrected chi connectivity index (χ4v) is 7.74. The number of hydrogen-bond acceptors (Lipinski definition) is 5. The van der Waals surface area contributed by atoms with E-state index < -0.39 is 11.5 Å². The van der Waals surface area contributed by atoms with Crippen LogP contribution >= 0.6 is 0 Å². The van der Waals surface area contributed by atoms with Crippen molar-refractivity contribution in [2.24, 2.45) is 17.3 Å². The number of nitrogens with zero attached hydrogens (tertiary/aromatic N) is 1. The number of amides is 2. The molecule has 2 bridgehead atoms. The van der Waals surface area contributed by atoms with Crippen LogP contribution in [0, 0.1) is 17.3 Å². The molecule has 3 N–H and O–H groups in total. The normalized spacial score (nSPS) is 42.2. The minimum atomic E-state index is -0.669. The highest BCUT2D eigenvalue weighted by molar-refractivity contribution is 5.86. The first-order valence-corrected chi connectivity index (χ1v) is 12.7. The average Bonchev–Trinajstić information content (AvgIpc) is 3.69. The van der Waals surface area contributed by atoms with Crippen molar-refractivity contribution in [3.8, 4) is 5.75 Å². The molecular weight excluding hydrogens is 418 g/mol. The standard InChI is InChI=1S/C26H33N3O4/c1-25(11-20(25)31)24(32)28-18-7-5-16-19-10-15-4-6-17(27-13-30)22-21(15)26(16,23(18)33-22)8-9-29(19)12-14-2-3-14/h4,6,13-14,16,18-20,23,31H,2-3,5,7-12H2,1H3,(H,27,30)(H,28,32)/t16-,18+,19+,20?,23-,25?,26-/m0/s1. The lowest BCUT2D eigenvalue weighted by atomic mass is 9.51. The van der Waals surface area contributed by atoms with Crippen LogP contribution in [0.1, 0.15) is 56.6 Å². The van der Waals surface area contributed by atoms with E-state index in [1.807, 2.05) is 13.0 Å². The molecule has 176 valence electrons. The van der Waals surface area contributed by atoms with Crippen LogP contribution in [-0.4, -0.2) is 59.7 Å². The van der Waals surface area contributed by atoms with Crippen molar-refractivity contribution in [2.45, 2.75) is 81.6 Å². The van der Waals surface area contributed by atoms with Crippen molar-refractivity contribution < 1.29 is 19.4 Å².